The molecule has 11 heteroatoms. The third-order valence-corrected chi connectivity index (χ3v) is 6.09. The van der Waals surface area contributed by atoms with Gasteiger partial charge in [-0.15, -0.1) is 0 Å². The predicted octanol–water partition coefficient (Wildman–Crippen LogP) is 3.33. The second-order valence-electron chi connectivity index (χ2n) is 9.81. The van der Waals surface area contributed by atoms with E-state index in [1.165, 1.54) is 18.6 Å². The molecule has 1 aromatic carbocycles. The van der Waals surface area contributed by atoms with E-state index < -0.39 is 11.5 Å². The fraction of sp³-hybridized carbons (Fsp3) is 0.360. The van der Waals surface area contributed by atoms with Crippen molar-refractivity contribution in [1.82, 2.24) is 29.5 Å². The van der Waals surface area contributed by atoms with Crippen molar-refractivity contribution >= 4 is 34.2 Å². The molecule has 36 heavy (non-hydrogen) atoms. The van der Waals surface area contributed by atoms with Crippen molar-refractivity contribution in [2.24, 2.45) is 0 Å². The van der Waals surface area contributed by atoms with E-state index in [1.54, 1.807) is 27.6 Å². The smallest absolute Gasteiger partial charge is 0.410 e. The number of carbonyl (C=O) groups excluding carboxylic acids is 2. The molecule has 1 saturated heterocycles. The van der Waals surface area contributed by atoms with E-state index in [9.17, 15) is 14.4 Å². The summed E-state index contributed by atoms with van der Waals surface area (Å²) in [5.74, 6) is -0.362. The molecule has 186 valence electrons. The first-order valence-electron chi connectivity index (χ1n) is 11.8. The van der Waals surface area contributed by atoms with Crippen LogP contribution in [0.2, 0.25) is 0 Å². The summed E-state index contributed by atoms with van der Waals surface area (Å²) in [7, 11) is 0. The molecule has 4 aromatic rings. The molecule has 3 aromatic heterocycles. The van der Waals surface area contributed by atoms with E-state index in [1.807, 2.05) is 26.8 Å². The molecular formula is C25H27N7O4. The van der Waals surface area contributed by atoms with Crippen LogP contribution in [0.15, 0.2) is 47.7 Å². The molecule has 2 N–H and O–H groups in total. The number of amides is 2. The lowest BCUT2D eigenvalue weighted by Gasteiger charge is -2.33. The standard InChI is InChI=1S/C25H27N7O4/c1-25(2,3)36-24(35)31-11-8-15(9-12-31)19-13-20(33)29-22-21-16(5-4-6-17(21)30-32(19)22)28-23(34)18-7-10-26-14-27-18/h4-7,10,13-15H,8-9,11-12H2,1-3H3,(H,28,34)(H,29,33). The Labute approximate surface area is 206 Å². The molecule has 0 atom stereocenters. The number of carbonyl (C=O) groups is 2. The molecule has 1 aliphatic heterocycles. The molecule has 4 heterocycles. The first-order valence-corrected chi connectivity index (χ1v) is 11.8. The van der Waals surface area contributed by atoms with Gasteiger partial charge in [0.25, 0.3) is 11.5 Å². The lowest BCUT2D eigenvalue weighted by Crippen LogP contribution is -2.41. The van der Waals surface area contributed by atoms with Gasteiger partial charge in [-0.1, -0.05) is 6.07 Å². The zero-order valence-corrected chi connectivity index (χ0v) is 20.3. The zero-order valence-electron chi connectivity index (χ0n) is 20.3. The van der Waals surface area contributed by atoms with E-state index in [4.69, 9.17) is 9.84 Å². The predicted molar refractivity (Wildman–Crippen MR) is 133 cm³/mol. The first-order chi connectivity index (χ1) is 17.2. The lowest BCUT2D eigenvalue weighted by atomic mass is 9.93. The number of fused-ring (bicyclic) bond motifs is 3. The molecule has 0 aliphatic carbocycles. The molecule has 0 saturated carbocycles. The Balaban J connectivity index is 1.46. The molecular weight excluding hydrogens is 462 g/mol. The highest BCUT2D eigenvalue weighted by Crippen LogP contribution is 2.32. The minimum atomic E-state index is -0.553. The van der Waals surface area contributed by atoms with Crippen molar-refractivity contribution in [1.29, 1.82) is 0 Å². The number of nitrogens with zero attached hydrogens (tertiary/aromatic N) is 5. The number of nitrogens with one attached hydrogen (secondary N) is 2. The van der Waals surface area contributed by atoms with Gasteiger partial charge in [0, 0.05) is 31.3 Å². The fourth-order valence-electron chi connectivity index (χ4n) is 4.48. The molecule has 0 unspecified atom stereocenters. The van der Waals surface area contributed by atoms with Gasteiger partial charge in [0.2, 0.25) is 0 Å². The van der Waals surface area contributed by atoms with Crippen molar-refractivity contribution < 1.29 is 14.3 Å². The van der Waals surface area contributed by atoms with Crippen molar-refractivity contribution in [3.05, 3.63) is 64.6 Å². The van der Waals surface area contributed by atoms with Crippen LogP contribution in [0, 0.1) is 0 Å². The van der Waals surface area contributed by atoms with Crippen molar-refractivity contribution in [2.45, 2.75) is 45.1 Å². The van der Waals surface area contributed by atoms with Crippen LogP contribution in [0.1, 0.15) is 55.7 Å². The number of likely N-dealkylation sites (tertiary alicyclic amines) is 1. The van der Waals surface area contributed by atoms with Crippen LogP contribution in [0.25, 0.3) is 16.6 Å². The summed E-state index contributed by atoms with van der Waals surface area (Å²) in [4.78, 5) is 50.3. The Bertz CT molecular complexity index is 1500. The number of aromatic nitrogens is 5. The van der Waals surface area contributed by atoms with Gasteiger partial charge in [0.1, 0.15) is 23.3 Å². The average molecular weight is 490 g/mol. The minimum Gasteiger partial charge on any atom is -0.444 e. The summed E-state index contributed by atoms with van der Waals surface area (Å²) in [5.41, 5.74) is 1.82. The highest BCUT2D eigenvalue weighted by Gasteiger charge is 2.29. The summed E-state index contributed by atoms with van der Waals surface area (Å²) in [6.45, 7) is 6.58. The number of ether oxygens (including phenoxy) is 1. The third-order valence-electron chi connectivity index (χ3n) is 6.09. The maximum atomic E-state index is 12.7. The number of piperidine rings is 1. The van der Waals surface area contributed by atoms with Crippen LogP contribution < -0.4 is 10.9 Å². The van der Waals surface area contributed by atoms with Gasteiger partial charge >= 0.3 is 6.09 Å². The third kappa shape index (κ3) is 4.64. The SMILES string of the molecule is CC(C)(C)OC(=O)N1CCC(c2cc(=O)[nH]c3c4c(NC(=O)c5ccncn5)cccc4nn23)CC1. The fourth-order valence-corrected chi connectivity index (χ4v) is 4.48. The number of rotatable bonds is 3. The van der Waals surface area contributed by atoms with Crippen LogP contribution in [-0.4, -0.2) is 60.2 Å². The van der Waals surface area contributed by atoms with Crippen molar-refractivity contribution in [3.8, 4) is 0 Å². The molecule has 0 spiro atoms. The summed E-state index contributed by atoms with van der Waals surface area (Å²) in [6, 6.07) is 8.46. The van der Waals surface area contributed by atoms with Gasteiger partial charge in [-0.05, 0) is 51.8 Å². The molecule has 1 fully saturated rings. The van der Waals surface area contributed by atoms with Gasteiger partial charge in [-0.25, -0.2) is 19.3 Å². The van der Waals surface area contributed by atoms with E-state index >= 15 is 0 Å². The maximum absolute atomic E-state index is 12.7. The maximum Gasteiger partial charge on any atom is 0.410 e. The highest BCUT2D eigenvalue weighted by atomic mass is 16.6. The second kappa shape index (κ2) is 9.06. The van der Waals surface area contributed by atoms with Gasteiger partial charge in [-0.3, -0.25) is 9.59 Å². The summed E-state index contributed by atoms with van der Waals surface area (Å²) in [6.07, 6.45) is 3.82. The number of aromatic amines is 1. The van der Waals surface area contributed by atoms with Gasteiger partial charge in [-0.2, -0.15) is 5.10 Å². The van der Waals surface area contributed by atoms with Crippen molar-refractivity contribution in [3.63, 3.8) is 0 Å². The van der Waals surface area contributed by atoms with Crippen LogP contribution >= 0.6 is 0 Å². The summed E-state index contributed by atoms with van der Waals surface area (Å²) >= 11 is 0. The number of H-pyrrole nitrogens is 1. The number of anilines is 1. The number of benzene rings is 1. The monoisotopic (exact) mass is 489 g/mol. The van der Waals surface area contributed by atoms with E-state index in [0.29, 0.717) is 48.2 Å². The quantitative estimate of drug-likeness (QED) is 0.451. The van der Waals surface area contributed by atoms with Gasteiger partial charge < -0.3 is 19.9 Å². The average Bonchev–Trinajstić information content (AvgIpc) is 3.22. The molecule has 11 nitrogen and oxygen atoms in total. The summed E-state index contributed by atoms with van der Waals surface area (Å²) in [5, 5.41) is 8.24. The minimum absolute atomic E-state index is 0.0295. The Kier molecular flexibility index (Phi) is 5.91. The Hall–Kier alpha value is -4.28. The van der Waals surface area contributed by atoms with Crippen LogP contribution in [0.3, 0.4) is 0 Å². The molecule has 1 aliphatic rings. The normalized spacial score (nSPS) is 14.8. The van der Waals surface area contributed by atoms with Crippen LogP contribution in [-0.2, 0) is 4.74 Å². The van der Waals surface area contributed by atoms with E-state index in [2.05, 4.69) is 20.3 Å². The summed E-state index contributed by atoms with van der Waals surface area (Å²) < 4.78 is 7.23. The Morgan fingerprint density at radius 2 is 1.94 bits per heavy atom. The second-order valence-corrected chi connectivity index (χ2v) is 9.81. The van der Waals surface area contributed by atoms with Gasteiger partial charge in [0.15, 0.2) is 0 Å². The van der Waals surface area contributed by atoms with E-state index in [-0.39, 0.29) is 23.3 Å². The van der Waals surface area contributed by atoms with Crippen molar-refractivity contribution in [2.75, 3.05) is 18.4 Å². The lowest BCUT2D eigenvalue weighted by molar-refractivity contribution is 0.0203. The Morgan fingerprint density at radius 3 is 2.64 bits per heavy atom. The first kappa shape index (κ1) is 23.5. The molecule has 0 radical (unpaired) electrons. The number of hydrogen-bond acceptors (Lipinski definition) is 7. The Morgan fingerprint density at radius 1 is 1.17 bits per heavy atom. The largest absolute Gasteiger partial charge is 0.444 e. The molecule has 0 bridgehead atoms. The highest BCUT2D eigenvalue weighted by molar-refractivity contribution is 6.11. The molecule has 5 rings (SSSR count). The topological polar surface area (TPSA) is 135 Å². The van der Waals surface area contributed by atoms with Crippen LogP contribution in [0.4, 0.5) is 10.5 Å². The zero-order chi connectivity index (χ0) is 25.4. The van der Waals surface area contributed by atoms with Gasteiger partial charge in [0.05, 0.1) is 22.3 Å². The number of hydrogen-bond donors (Lipinski definition) is 2. The van der Waals surface area contributed by atoms with E-state index in [0.717, 1.165) is 5.69 Å². The van der Waals surface area contributed by atoms with Crippen LogP contribution in [0.5, 0.6) is 0 Å². The molecule has 2 amide bonds.